The van der Waals surface area contributed by atoms with E-state index in [9.17, 15) is 14.4 Å². The molecule has 0 fully saturated rings. The molecule has 33 heavy (non-hydrogen) atoms. The van der Waals surface area contributed by atoms with Crippen LogP contribution in [0.3, 0.4) is 0 Å². The zero-order valence-corrected chi connectivity index (χ0v) is 19.9. The highest BCUT2D eigenvalue weighted by atomic mass is 35.5. The van der Waals surface area contributed by atoms with Crippen molar-refractivity contribution in [3.63, 3.8) is 0 Å². The van der Waals surface area contributed by atoms with Gasteiger partial charge in [-0.1, -0.05) is 29.3 Å². The summed E-state index contributed by atoms with van der Waals surface area (Å²) in [5.74, 6) is -0.386. The zero-order valence-electron chi connectivity index (χ0n) is 18.4. The van der Waals surface area contributed by atoms with Crippen LogP contribution in [0.1, 0.15) is 29.8 Å². The van der Waals surface area contributed by atoms with Gasteiger partial charge in [0, 0.05) is 12.1 Å². The summed E-state index contributed by atoms with van der Waals surface area (Å²) in [5, 5.41) is 5.61. The Kier molecular flexibility index (Phi) is 10.8. The molecule has 8 nitrogen and oxygen atoms in total. The summed E-state index contributed by atoms with van der Waals surface area (Å²) >= 11 is 11.7. The van der Waals surface area contributed by atoms with Gasteiger partial charge in [0.25, 0.3) is 11.8 Å². The van der Waals surface area contributed by atoms with Crippen molar-refractivity contribution < 1.29 is 28.6 Å². The number of benzene rings is 2. The lowest BCUT2D eigenvalue weighted by Gasteiger charge is -2.12. The first-order chi connectivity index (χ1) is 15.8. The monoisotopic (exact) mass is 496 g/mol. The molecular formula is C23H26Cl2N2O6. The van der Waals surface area contributed by atoms with Gasteiger partial charge in [0.05, 0.1) is 23.3 Å². The lowest BCUT2D eigenvalue weighted by molar-refractivity contribution is -0.147. The van der Waals surface area contributed by atoms with E-state index in [1.807, 2.05) is 32.0 Å². The van der Waals surface area contributed by atoms with Crippen LogP contribution in [-0.4, -0.2) is 50.7 Å². The average Bonchev–Trinajstić information content (AvgIpc) is 2.79. The summed E-state index contributed by atoms with van der Waals surface area (Å²) in [6, 6.07) is 9.95. The second-order valence-electron chi connectivity index (χ2n) is 6.72. The Morgan fingerprint density at radius 1 is 0.879 bits per heavy atom. The van der Waals surface area contributed by atoms with Gasteiger partial charge in [-0.15, -0.1) is 0 Å². The Labute approximate surface area is 202 Å². The van der Waals surface area contributed by atoms with Gasteiger partial charge in [-0.05, 0) is 56.2 Å². The molecule has 0 saturated carbocycles. The van der Waals surface area contributed by atoms with E-state index in [1.54, 1.807) is 0 Å². The van der Waals surface area contributed by atoms with Crippen LogP contribution in [0.15, 0.2) is 36.4 Å². The second kappa shape index (κ2) is 13.5. The quantitative estimate of drug-likeness (QED) is 0.436. The summed E-state index contributed by atoms with van der Waals surface area (Å²) < 4.78 is 16.0. The Hall–Kier alpha value is -2.97. The van der Waals surface area contributed by atoms with Crippen LogP contribution in [0.4, 0.5) is 0 Å². The molecule has 0 heterocycles. The molecule has 178 valence electrons. The van der Waals surface area contributed by atoms with E-state index in [0.717, 1.165) is 5.56 Å². The summed E-state index contributed by atoms with van der Waals surface area (Å²) in [5.41, 5.74) is 1.21. The summed E-state index contributed by atoms with van der Waals surface area (Å²) in [4.78, 5) is 35.8. The third-order valence-corrected chi connectivity index (χ3v) is 5.02. The van der Waals surface area contributed by atoms with Gasteiger partial charge in [-0.25, -0.2) is 0 Å². The number of esters is 1. The average molecular weight is 497 g/mol. The first kappa shape index (κ1) is 26.3. The molecule has 0 aliphatic carbocycles. The summed E-state index contributed by atoms with van der Waals surface area (Å²) in [6.07, 6.45) is 0.561. The molecule has 2 aromatic rings. The molecule has 0 aliphatic rings. The van der Waals surface area contributed by atoms with E-state index < -0.39 is 30.9 Å². The zero-order chi connectivity index (χ0) is 24.2. The van der Waals surface area contributed by atoms with Crippen LogP contribution in [-0.2, 0) is 20.7 Å². The van der Waals surface area contributed by atoms with Gasteiger partial charge in [0.2, 0.25) is 0 Å². The predicted octanol–water partition coefficient (Wildman–Crippen LogP) is 3.42. The Bertz CT molecular complexity index is 983. The molecule has 2 amide bonds. The minimum atomic E-state index is -0.744. The molecule has 0 saturated heterocycles. The largest absolute Gasteiger partial charge is 0.490 e. The van der Waals surface area contributed by atoms with E-state index in [1.165, 1.54) is 18.2 Å². The van der Waals surface area contributed by atoms with Crippen molar-refractivity contribution in [2.75, 3.05) is 32.9 Å². The molecule has 0 aromatic heterocycles. The molecule has 0 spiro atoms. The van der Waals surface area contributed by atoms with Crippen molar-refractivity contribution in [2.45, 2.75) is 20.3 Å². The van der Waals surface area contributed by atoms with Gasteiger partial charge >= 0.3 is 5.97 Å². The number of ether oxygens (including phenoxy) is 3. The minimum absolute atomic E-state index is 0.225. The SMILES string of the molecule is CCOc1ccc(CCNC(=O)COC(=O)CNC(=O)c2ccc(Cl)c(Cl)c2)cc1OCC. The van der Waals surface area contributed by atoms with Gasteiger partial charge in [-0.2, -0.15) is 0 Å². The van der Waals surface area contributed by atoms with Crippen LogP contribution < -0.4 is 20.1 Å². The van der Waals surface area contributed by atoms with Crippen LogP contribution >= 0.6 is 23.2 Å². The number of carbonyl (C=O) groups excluding carboxylic acids is 3. The normalized spacial score (nSPS) is 10.3. The van der Waals surface area contributed by atoms with Crippen molar-refractivity contribution in [1.82, 2.24) is 10.6 Å². The Morgan fingerprint density at radius 3 is 2.30 bits per heavy atom. The van der Waals surface area contributed by atoms with Gasteiger partial charge in [-0.3, -0.25) is 14.4 Å². The van der Waals surface area contributed by atoms with Gasteiger partial charge < -0.3 is 24.8 Å². The fraction of sp³-hybridized carbons (Fsp3) is 0.348. The van der Waals surface area contributed by atoms with Gasteiger partial charge in [0.1, 0.15) is 6.54 Å². The molecule has 2 aromatic carbocycles. The van der Waals surface area contributed by atoms with Crippen molar-refractivity contribution >= 4 is 41.0 Å². The van der Waals surface area contributed by atoms with Crippen LogP contribution in [0.25, 0.3) is 0 Å². The van der Waals surface area contributed by atoms with E-state index in [-0.39, 0.29) is 10.6 Å². The second-order valence-corrected chi connectivity index (χ2v) is 7.53. The molecule has 0 atom stereocenters. The first-order valence-electron chi connectivity index (χ1n) is 10.4. The predicted molar refractivity (Wildman–Crippen MR) is 125 cm³/mol. The number of nitrogens with one attached hydrogen (secondary N) is 2. The van der Waals surface area contributed by atoms with Crippen LogP contribution in [0, 0.1) is 0 Å². The molecule has 2 N–H and O–H groups in total. The van der Waals surface area contributed by atoms with E-state index in [2.05, 4.69) is 10.6 Å². The number of halogens is 2. The summed E-state index contributed by atoms with van der Waals surface area (Å²) in [6.45, 7) is 4.35. The molecular weight excluding hydrogens is 471 g/mol. The van der Waals surface area contributed by atoms with Crippen molar-refractivity contribution in [1.29, 1.82) is 0 Å². The van der Waals surface area contributed by atoms with E-state index in [4.69, 9.17) is 37.4 Å². The molecule has 0 radical (unpaired) electrons. The van der Waals surface area contributed by atoms with Crippen molar-refractivity contribution in [3.05, 3.63) is 57.6 Å². The highest BCUT2D eigenvalue weighted by Gasteiger charge is 2.12. The molecule has 2 rings (SSSR count). The first-order valence-corrected chi connectivity index (χ1v) is 11.1. The number of hydrogen-bond donors (Lipinski definition) is 2. The number of hydrogen-bond acceptors (Lipinski definition) is 6. The number of rotatable bonds is 12. The number of carbonyl (C=O) groups is 3. The maximum absolute atomic E-state index is 12.0. The van der Waals surface area contributed by atoms with Crippen molar-refractivity contribution in [2.24, 2.45) is 0 Å². The van der Waals surface area contributed by atoms with E-state index >= 15 is 0 Å². The fourth-order valence-electron chi connectivity index (χ4n) is 2.74. The molecule has 0 bridgehead atoms. The number of amides is 2. The third kappa shape index (κ3) is 8.82. The van der Waals surface area contributed by atoms with Crippen LogP contribution in [0.2, 0.25) is 10.0 Å². The highest BCUT2D eigenvalue weighted by Crippen LogP contribution is 2.28. The summed E-state index contributed by atoms with van der Waals surface area (Å²) in [7, 11) is 0. The molecule has 0 unspecified atom stereocenters. The molecule has 0 aliphatic heterocycles. The fourth-order valence-corrected chi connectivity index (χ4v) is 3.04. The van der Waals surface area contributed by atoms with E-state index in [0.29, 0.717) is 42.7 Å². The Balaban J connectivity index is 1.70. The highest BCUT2D eigenvalue weighted by molar-refractivity contribution is 6.42. The van der Waals surface area contributed by atoms with Crippen LogP contribution in [0.5, 0.6) is 11.5 Å². The topological polar surface area (TPSA) is 103 Å². The maximum atomic E-state index is 12.0. The van der Waals surface area contributed by atoms with Gasteiger partial charge in [0.15, 0.2) is 18.1 Å². The third-order valence-electron chi connectivity index (χ3n) is 4.28. The smallest absolute Gasteiger partial charge is 0.325 e. The standard InChI is InChI=1S/C23H26Cl2N2O6/c1-3-31-19-8-5-15(11-20(19)32-4-2)9-10-26-21(28)14-33-22(29)13-27-23(30)16-6-7-17(24)18(25)12-16/h5-8,11-12H,3-4,9-10,13-14H2,1-2H3,(H,26,28)(H,27,30). The Morgan fingerprint density at radius 2 is 1.61 bits per heavy atom. The maximum Gasteiger partial charge on any atom is 0.325 e. The minimum Gasteiger partial charge on any atom is -0.490 e. The lowest BCUT2D eigenvalue weighted by atomic mass is 10.1. The lowest BCUT2D eigenvalue weighted by Crippen LogP contribution is -2.34. The van der Waals surface area contributed by atoms with Crippen molar-refractivity contribution in [3.8, 4) is 11.5 Å². The molecule has 10 heteroatoms.